The van der Waals surface area contributed by atoms with Crippen LogP contribution >= 0.6 is 0 Å². The van der Waals surface area contributed by atoms with Gasteiger partial charge >= 0.3 is 5.97 Å². The summed E-state index contributed by atoms with van der Waals surface area (Å²) in [6, 6.07) is 12.4. The highest BCUT2D eigenvalue weighted by molar-refractivity contribution is 6.06. The van der Waals surface area contributed by atoms with Crippen molar-refractivity contribution < 1.29 is 19.1 Å². The van der Waals surface area contributed by atoms with Gasteiger partial charge in [0.15, 0.2) is 0 Å². The van der Waals surface area contributed by atoms with E-state index in [9.17, 15) is 14.4 Å². The third kappa shape index (κ3) is 3.91. The number of hydrogen-bond donors (Lipinski definition) is 1. The van der Waals surface area contributed by atoms with E-state index >= 15 is 0 Å². The molecule has 1 N–H and O–H groups in total. The number of para-hydroxylation sites is 1. The lowest BCUT2D eigenvalue weighted by molar-refractivity contribution is -0.133. The lowest BCUT2D eigenvalue weighted by atomic mass is 9.98. The third-order valence-electron chi connectivity index (χ3n) is 5.10. The highest BCUT2D eigenvalue weighted by Crippen LogP contribution is 2.33. The second-order valence-electron chi connectivity index (χ2n) is 7.31. The Labute approximate surface area is 163 Å². The lowest BCUT2D eigenvalue weighted by Gasteiger charge is -2.29. The van der Waals surface area contributed by atoms with Gasteiger partial charge in [0.1, 0.15) is 5.75 Å². The Kier molecular flexibility index (Phi) is 4.86. The normalized spacial score (nSPS) is 15.5. The van der Waals surface area contributed by atoms with E-state index in [1.54, 1.807) is 24.3 Å². The van der Waals surface area contributed by atoms with Crippen LogP contribution in [0.15, 0.2) is 42.5 Å². The maximum atomic E-state index is 12.7. The Morgan fingerprint density at radius 1 is 1.07 bits per heavy atom. The highest BCUT2D eigenvalue weighted by atomic mass is 16.5. The molecule has 2 aromatic carbocycles. The number of nitrogens with zero attached hydrogens (tertiary/aromatic N) is 1. The second kappa shape index (κ2) is 7.46. The van der Waals surface area contributed by atoms with Crippen molar-refractivity contribution >= 4 is 23.5 Å². The van der Waals surface area contributed by atoms with Crippen molar-refractivity contribution in [3.05, 3.63) is 59.2 Å². The molecule has 1 aliphatic heterocycles. The smallest absolute Gasteiger partial charge is 0.308 e. The van der Waals surface area contributed by atoms with E-state index in [1.165, 1.54) is 12.5 Å². The summed E-state index contributed by atoms with van der Waals surface area (Å²) in [5.74, 6) is -0.141. The summed E-state index contributed by atoms with van der Waals surface area (Å²) >= 11 is 0. The largest absolute Gasteiger partial charge is 0.426 e. The van der Waals surface area contributed by atoms with Crippen LogP contribution < -0.4 is 10.1 Å². The monoisotopic (exact) mass is 378 g/mol. The Morgan fingerprint density at radius 3 is 2.61 bits per heavy atom. The fourth-order valence-corrected chi connectivity index (χ4v) is 3.51. The van der Waals surface area contributed by atoms with Crippen molar-refractivity contribution in [2.45, 2.75) is 32.7 Å². The van der Waals surface area contributed by atoms with Gasteiger partial charge in [0.25, 0.3) is 5.91 Å². The first-order valence-electron chi connectivity index (χ1n) is 9.50. The van der Waals surface area contributed by atoms with E-state index < -0.39 is 5.97 Å². The van der Waals surface area contributed by atoms with Gasteiger partial charge in [-0.15, -0.1) is 0 Å². The van der Waals surface area contributed by atoms with Gasteiger partial charge in [0.2, 0.25) is 5.91 Å². The molecule has 0 unspecified atom stereocenters. The summed E-state index contributed by atoms with van der Waals surface area (Å²) in [4.78, 5) is 38.2. The molecule has 4 rings (SSSR count). The predicted octanol–water partition coefficient (Wildman–Crippen LogP) is 3.16. The number of rotatable bonds is 4. The lowest BCUT2D eigenvalue weighted by Crippen LogP contribution is -2.36. The summed E-state index contributed by atoms with van der Waals surface area (Å²) in [7, 11) is 0. The molecule has 0 radical (unpaired) electrons. The molecule has 2 aliphatic rings. The van der Waals surface area contributed by atoms with Crippen LogP contribution in [0.4, 0.5) is 5.69 Å². The zero-order valence-corrected chi connectivity index (χ0v) is 15.7. The van der Waals surface area contributed by atoms with Crippen molar-refractivity contribution in [3.8, 4) is 5.75 Å². The molecule has 0 bridgehead atoms. The minimum atomic E-state index is -0.477. The first-order chi connectivity index (χ1) is 13.5. The summed E-state index contributed by atoms with van der Waals surface area (Å²) in [6.45, 7) is 2.63. The molecule has 28 heavy (non-hydrogen) atoms. The number of nitrogens with one attached hydrogen (secondary N) is 1. The minimum absolute atomic E-state index is 0.210. The van der Waals surface area contributed by atoms with E-state index in [1.807, 2.05) is 23.1 Å². The van der Waals surface area contributed by atoms with Crippen LogP contribution in [0, 0.1) is 5.92 Å². The van der Waals surface area contributed by atoms with Gasteiger partial charge in [-0.1, -0.05) is 18.2 Å². The molecule has 6 heteroatoms. The molecule has 0 spiro atoms. The quantitative estimate of drug-likeness (QED) is 0.655. The molecular formula is C22H22N2O4. The standard InChI is InChI=1S/C22H22N2O4/c1-14(25)28-20-5-3-2-4-19(20)21(26)23-18-9-8-15-10-11-24(13-17(15)12-18)22(27)16-6-7-16/h2-5,8-9,12,16H,6-7,10-11,13H2,1H3,(H,23,26). The van der Waals surface area contributed by atoms with Crippen LogP contribution in [0.25, 0.3) is 0 Å². The molecule has 2 amide bonds. The predicted molar refractivity (Wildman–Crippen MR) is 104 cm³/mol. The van der Waals surface area contributed by atoms with Crippen LogP contribution in [-0.2, 0) is 22.6 Å². The number of esters is 1. The molecule has 0 saturated heterocycles. The number of carbonyl (C=O) groups is 3. The SMILES string of the molecule is CC(=O)Oc1ccccc1C(=O)Nc1ccc2c(c1)CN(C(=O)C1CC1)CC2. The fourth-order valence-electron chi connectivity index (χ4n) is 3.51. The van der Waals surface area contributed by atoms with Crippen LogP contribution in [0.1, 0.15) is 41.3 Å². The van der Waals surface area contributed by atoms with Gasteiger partial charge in [-0.25, -0.2) is 0 Å². The maximum absolute atomic E-state index is 12.7. The molecule has 1 saturated carbocycles. The van der Waals surface area contributed by atoms with Crippen LogP contribution in [0.2, 0.25) is 0 Å². The topological polar surface area (TPSA) is 75.7 Å². The molecule has 0 aromatic heterocycles. The zero-order valence-electron chi connectivity index (χ0n) is 15.7. The average Bonchev–Trinajstić information content (AvgIpc) is 3.52. The van der Waals surface area contributed by atoms with E-state index in [4.69, 9.17) is 4.74 Å². The summed E-state index contributed by atoms with van der Waals surface area (Å²) in [6.07, 6.45) is 2.83. The van der Waals surface area contributed by atoms with Crippen molar-refractivity contribution in [1.82, 2.24) is 4.90 Å². The van der Waals surface area contributed by atoms with Crippen LogP contribution in [0.5, 0.6) is 5.75 Å². The Balaban J connectivity index is 1.50. The molecule has 144 valence electrons. The summed E-state index contributed by atoms with van der Waals surface area (Å²) < 4.78 is 5.12. The fraction of sp³-hybridized carbons (Fsp3) is 0.318. The van der Waals surface area contributed by atoms with E-state index in [0.717, 1.165) is 31.4 Å². The number of anilines is 1. The van der Waals surface area contributed by atoms with Crippen molar-refractivity contribution in [1.29, 1.82) is 0 Å². The van der Waals surface area contributed by atoms with Crippen molar-refractivity contribution in [2.75, 3.05) is 11.9 Å². The Bertz CT molecular complexity index is 949. The number of amides is 2. The molecule has 1 heterocycles. The van der Waals surface area contributed by atoms with Crippen molar-refractivity contribution in [3.63, 3.8) is 0 Å². The first kappa shape index (κ1) is 18.2. The van der Waals surface area contributed by atoms with Gasteiger partial charge in [-0.05, 0) is 54.7 Å². The molecule has 0 atom stereocenters. The minimum Gasteiger partial charge on any atom is -0.426 e. The van der Waals surface area contributed by atoms with Gasteiger partial charge in [0, 0.05) is 31.6 Å². The highest BCUT2D eigenvalue weighted by Gasteiger charge is 2.34. The van der Waals surface area contributed by atoms with Gasteiger partial charge in [-0.2, -0.15) is 0 Å². The van der Waals surface area contributed by atoms with Gasteiger partial charge < -0.3 is 15.0 Å². The van der Waals surface area contributed by atoms with E-state index in [-0.39, 0.29) is 23.5 Å². The third-order valence-corrected chi connectivity index (χ3v) is 5.10. The molecular weight excluding hydrogens is 356 g/mol. The first-order valence-corrected chi connectivity index (χ1v) is 9.50. The molecule has 1 aliphatic carbocycles. The zero-order chi connectivity index (χ0) is 19.7. The van der Waals surface area contributed by atoms with Crippen molar-refractivity contribution in [2.24, 2.45) is 5.92 Å². The van der Waals surface area contributed by atoms with Gasteiger partial charge in [-0.3, -0.25) is 14.4 Å². The Hall–Kier alpha value is -3.15. The second-order valence-corrected chi connectivity index (χ2v) is 7.31. The molecule has 2 aromatic rings. The van der Waals surface area contributed by atoms with Crippen LogP contribution in [0.3, 0.4) is 0 Å². The number of ether oxygens (including phenoxy) is 1. The maximum Gasteiger partial charge on any atom is 0.308 e. The number of fused-ring (bicyclic) bond motifs is 1. The number of benzene rings is 2. The number of carbonyl (C=O) groups excluding carboxylic acids is 3. The van der Waals surface area contributed by atoms with E-state index in [0.29, 0.717) is 17.8 Å². The average molecular weight is 378 g/mol. The summed E-state index contributed by atoms with van der Waals surface area (Å²) in [5.41, 5.74) is 3.22. The number of hydrogen-bond acceptors (Lipinski definition) is 4. The van der Waals surface area contributed by atoms with Crippen LogP contribution in [-0.4, -0.2) is 29.2 Å². The summed E-state index contributed by atoms with van der Waals surface area (Å²) in [5, 5.41) is 2.87. The molecule has 6 nitrogen and oxygen atoms in total. The molecule has 1 fully saturated rings. The van der Waals surface area contributed by atoms with E-state index in [2.05, 4.69) is 5.32 Å². The van der Waals surface area contributed by atoms with Gasteiger partial charge in [0.05, 0.1) is 5.56 Å². The Morgan fingerprint density at radius 2 is 1.86 bits per heavy atom.